The number of rotatable bonds is 7. The van der Waals surface area contributed by atoms with Crippen LogP contribution in [-0.4, -0.2) is 66.6 Å². The summed E-state index contributed by atoms with van der Waals surface area (Å²) in [6.07, 6.45) is 6.14. The average Bonchev–Trinajstić information content (AvgIpc) is 3.37. The molecule has 1 aromatic carbocycles. The number of morpholine rings is 1. The fraction of sp³-hybridized carbons (Fsp3) is 0.667. The summed E-state index contributed by atoms with van der Waals surface area (Å²) in [4.78, 5) is 7.61. The van der Waals surface area contributed by atoms with Crippen LogP contribution < -0.4 is 0 Å². The number of hydrogen-bond donors (Lipinski definition) is 0. The Morgan fingerprint density at radius 3 is 2.62 bits per heavy atom. The van der Waals surface area contributed by atoms with Gasteiger partial charge in [-0.25, -0.2) is 13.4 Å². The van der Waals surface area contributed by atoms with E-state index in [1.54, 1.807) is 12.1 Å². The summed E-state index contributed by atoms with van der Waals surface area (Å²) in [5, 5.41) is 0. The van der Waals surface area contributed by atoms with E-state index in [1.165, 1.54) is 30.0 Å². The summed E-state index contributed by atoms with van der Waals surface area (Å²) in [6.45, 7) is 5.55. The molecule has 1 saturated heterocycles. The second-order valence-electron chi connectivity index (χ2n) is 8.20. The van der Waals surface area contributed by atoms with Gasteiger partial charge in [-0.3, -0.25) is 4.90 Å². The minimum atomic E-state index is -3.51. The van der Waals surface area contributed by atoms with E-state index < -0.39 is 10.0 Å². The minimum absolute atomic E-state index is 0.323. The molecule has 160 valence electrons. The molecule has 0 spiro atoms. The standard InChI is InChI=1S/C21H32N4O3S/c1-3-10-25-20-9-8-18(29(26,27)24-11-13-28-14-12-24)15-19(20)22-21(25)16-23(2)17-6-4-5-7-17/h8-9,15,17H,3-7,10-14,16H2,1-2H3. The zero-order chi connectivity index (χ0) is 20.4. The Labute approximate surface area is 173 Å². The molecular formula is C21H32N4O3S. The molecule has 2 aliphatic rings. The van der Waals surface area contributed by atoms with E-state index in [2.05, 4.69) is 23.4 Å². The van der Waals surface area contributed by atoms with Crippen LogP contribution in [0.2, 0.25) is 0 Å². The molecule has 2 fully saturated rings. The third-order valence-corrected chi connectivity index (χ3v) is 8.09. The van der Waals surface area contributed by atoms with Crippen molar-refractivity contribution in [3.63, 3.8) is 0 Å². The molecule has 1 aromatic heterocycles. The van der Waals surface area contributed by atoms with E-state index in [-0.39, 0.29) is 0 Å². The van der Waals surface area contributed by atoms with Gasteiger partial charge < -0.3 is 9.30 Å². The molecule has 29 heavy (non-hydrogen) atoms. The van der Waals surface area contributed by atoms with Crippen LogP contribution in [0, 0.1) is 0 Å². The van der Waals surface area contributed by atoms with Crippen LogP contribution in [-0.2, 0) is 27.8 Å². The van der Waals surface area contributed by atoms with Crippen LogP contribution in [0.3, 0.4) is 0 Å². The lowest BCUT2D eigenvalue weighted by molar-refractivity contribution is 0.0730. The van der Waals surface area contributed by atoms with Crippen LogP contribution in [0.5, 0.6) is 0 Å². The van der Waals surface area contributed by atoms with E-state index in [0.717, 1.165) is 36.4 Å². The number of benzene rings is 1. The van der Waals surface area contributed by atoms with Gasteiger partial charge in [0, 0.05) is 25.7 Å². The summed E-state index contributed by atoms with van der Waals surface area (Å²) in [5.41, 5.74) is 1.78. The zero-order valence-electron chi connectivity index (χ0n) is 17.5. The van der Waals surface area contributed by atoms with Crippen molar-refractivity contribution in [2.75, 3.05) is 33.4 Å². The Bertz CT molecular complexity index is 944. The molecule has 0 unspecified atom stereocenters. The Morgan fingerprint density at radius 1 is 1.21 bits per heavy atom. The SMILES string of the molecule is CCCn1c(CN(C)C2CCCC2)nc2cc(S(=O)(=O)N3CCOCC3)ccc21. The number of nitrogens with zero attached hydrogens (tertiary/aromatic N) is 4. The normalized spacial score (nSPS) is 19.6. The van der Waals surface area contributed by atoms with Crippen molar-refractivity contribution >= 4 is 21.1 Å². The molecule has 0 radical (unpaired) electrons. The predicted octanol–water partition coefficient (Wildman–Crippen LogP) is 2.84. The van der Waals surface area contributed by atoms with E-state index in [0.29, 0.717) is 37.2 Å². The first-order chi connectivity index (χ1) is 14.0. The molecule has 1 saturated carbocycles. The third-order valence-electron chi connectivity index (χ3n) is 6.19. The topological polar surface area (TPSA) is 67.7 Å². The average molecular weight is 421 g/mol. The maximum atomic E-state index is 13.0. The van der Waals surface area contributed by atoms with Crippen LogP contribution in [0.1, 0.15) is 44.9 Å². The molecule has 2 aromatic rings. The second-order valence-corrected chi connectivity index (χ2v) is 10.1. The fourth-order valence-corrected chi connectivity index (χ4v) is 5.98. The highest BCUT2D eigenvalue weighted by Crippen LogP contribution is 2.27. The molecule has 1 aliphatic carbocycles. The number of aromatic nitrogens is 2. The molecule has 0 amide bonds. The molecule has 0 N–H and O–H groups in total. The van der Waals surface area contributed by atoms with Gasteiger partial charge in [-0.15, -0.1) is 0 Å². The van der Waals surface area contributed by atoms with Gasteiger partial charge >= 0.3 is 0 Å². The number of ether oxygens (including phenoxy) is 1. The molecule has 2 heterocycles. The number of fused-ring (bicyclic) bond motifs is 1. The Hall–Kier alpha value is -1.48. The van der Waals surface area contributed by atoms with Gasteiger partial charge in [0.2, 0.25) is 10.0 Å². The van der Waals surface area contributed by atoms with E-state index in [1.807, 2.05) is 6.07 Å². The highest BCUT2D eigenvalue weighted by Gasteiger charge is 2.27. The van der Waals surface area contributed by atoms with Crippen molar-refractivity contribution in [2.24, 2.45) is 0 Å². The van der Waals surface area contributed by atoms with Crippen molar-refractivity contribution < 1.29 is 13.2 Å². The number of sulfonamides is 1. The van der Waals surface area contributed by atoms with E-state index in [9.17, 15) is 8.42 Å². The summed E-state index contributed by atoms with van der Waals surface area (Å²) in [5.74, 6) is 1.03. The summed E-state index contributed by atoms with van der Waals surface area (Å²) < 4.78 is 35.1. The largest absolute Gasteiger partial charge is 0.379 e. The summed E-state index contributed by atoms with van der Waals surface area (Å²) in [7, 11) is -1.33. The van der Waals surface area contributed by atoms with Crippen molar-refractivity contribution in [3.05, 3.63) is 24.0 Å². The third kappa shape index (κ3) is 4.21. The number of imidazole rings is 1. The van der Waals surface area contributed by atoms with Gasteiger partial charge in [0.25, 0.3) is 0 Å². The lowest BCUT2D eigenvalue weighted by Crippen LogP contribution is -2.40. The van der Waals surface area contributed by atoms with Crippen LogP contribution in [0.4, 0.5) is 0 Å². The smallest absolute Gasteiger partial charge is 0.243 e. The highest BCUT2D eigenvalue weighted by molar-refractivity contribution is 7.89. The first-order valence-electron chi connectivity index (χ1n) is 10.8. The molecule has 7 nitrogen and oxygen atoms in total. The number of aryl methyl sites for hydroxylation is 1. The highest BCUT2D eigenvalue weighted by atomic mass is 32.2. The lowest BCUT2D eigenvalue weighted by atomic mass is 10.2. The Balaban J connectivity index is 1.65. The van der Waals surface area contributed by atoms with Gasteiger partial charge in [-0.1, -0.05) is 19.8 Å². The molecule has 4 rings (SSSR count). The predicted molar refractivity (Wildman–Crippen MR) is 113 cm³/mol. The first-order valence-corrected chi connectivity index (χ1v) is 12.2. The number of hydrogen-bond acceptors (Lipinski definition) is 5. The quantitative estimate of drug-likeness (QED) is 0.689. The molecule has 8 heteroatoms. The maximum absolute atomic E-state index is 13.0. The lowest BCUT2D eigenvalue weighted by Gasteiger charge is -2.26. The summed E-state index contributed by atoms with van der Waals surface area (Å²) >= 11 is 0. The van der Waals surface area contributed by atoms with Gasteiger partial charge in [0.05, 0.1) is 35.7 Å². The van der Waals surface area contributed by atoms with Gasteiger partial charge in [-0.2, -0.15) is 4.31 Å². The van der Waals surface area contributed by atoms with Crippen molar-refractivity contribution in [1.29, 1.82) is 0 Å². The maximum Gasteiger partial charge on any atom is 0.243 e. The second kappa shape index (κ2) is 8.71. The van der Waals surface area contributed by atoms with Crippen molar-refractivity contribution in [1.82, 2.24) is 18.8 Å². The first kappa shape index (κ1) is 20.8. The Morgan fingerprint density at radius 2 is 1.93 bits per heavy atom. The van der Waals surface area contributed by atoms with Crippen LogP contribution >= 0.6 is 0 Å². The van der Waals surface area contributed by atoms with E-state index in [4.69, 9.17) is 9.72 Å². The van der Waals surface area contributed by atoms with Crippen molar-refractivity contribution in [3.8, 4) is 0 Å². The molecular weight excluding hydrogens is 388 g/mol. The van der Waals surface area contributed by atoms with Crippen LogP contribution in [0.25, 0.3) is 11.0 Å². The monoisotopic (exact) mass is 420 g/mol. The van der Waals surface area contributed by atoms with Gasteiger partial charge in [-0.05, 0) is 44.5 Å². The zero-order valence-corrected chi connectivity index (χ0v) is 18.3. The molecule has 1 aliphatic heterocycles. The van der Waals surface area contributed by atoms with Gasteiger partial charge in [0.15, 0.2) is 0 Å². The van der Waals surface area contributed by atoms with Gasteiger partial charge in [0.1, 0.15) is 5.82 Å². The summed E-state index contributed by atoms with van der Waals surface area (Å²) in [6, 6.07) is 6.02. The molecule has 0 bridgehead atoms. The molecule has 0 atom stereocenters. The van der Waals surface area contributed by atoms with Crippen molar-refractivity contribution in [2.45, 2.75) is 63.1 Å². The fourth-order valence-electron chi connectivity index (χ4n) is 4.55. The van der Waals surface area contributed by atoms with Crippen LogP contribution in [0.15, 0.2) is 23.1 Å². The Kier molecular flexibility index (Phi) is 6.24. The van der Waals surface area contributed by atoms with E-state index >= 15 is 0 Å². The minimum Gasteiger partial charge on any atom is -0.379 e.